The zero-order chi connectivity index (χ0) is 22.1. The lowest BCUT2D eigenvalue weighted by molar-refractivity contribution is -0.0419. The molecule has 1 aliphatic rings. The molecule has 2 aromatic heterocycles. The van der Waals surface area contributed by atoms with Crippen LogP contribution in [0.25, 0.3) is 11.0 Å². The van der Waals surface area contributed by atoms with E-state index in [0.29, 0.717) is 53.2 Å². The van der Waals surface area contributed by atoms with Crippen LogP contribution in [0.15, 0.2) is 35.3 Å². The van der Waals surface area contributed by atoms with E-state index in [-0.39, 0.29) is 29.4 Å². The zero-order valence-electron chi connectivity index (χ0n) is 17.6. The van der Waals surface area contributed by atoms with Gasteiger partial charge in [0.05, 0.1) is 17.2 Å². The standard InChI is InChI=1S/C22H24FN5O3/c1-4-16-22(30)27-18-7-13(15(23)8-19(18)26-16)10-28-11-20(12(28)2)31-14-5-6-17(25-9-14)21(29)24-3/h5-9,12,20H,4,10-11H2,1-3H3,(H,24,29)(H,27,30)/t12-,20+/m1/s1. The number of nitrogens with zero attached hydrogens (tertiary/aromatic N) is 3. The van der Waals surface area contributed by atoms with Crippen molar-refractivity contribution in [1.29, 1.82) is 0 Å². The fourth-order valence-electron chi connectivity index (χ4n) is 3.65. The number of aromatic amines is 1. The number of H-pyrrole nitrogens is 1. The Kier molecular flexibility index (Phi) is 5.69. The second-order valence-electron chi connectivity index (χ2n) is 7.61. The Morgan fingerprint density at radius 1 is 1.39 bits per heavy atom. The predicted octanol–water partition coefficient (Wildman–Crippen LogP) is 2.03. The Bertz CT molecular complexity index is 1180. The molecular formula is C22H24FN5O3. The van der Waals surface area contributed by atoms with Crippen molar-refractivity contribution >= 4 is 16.9 Å². The number of carbonyl (C=O) groups excluding carboxylic acids is 1. The molecule has 2 atom stereocenters. The van der Waals surface area contributed by atoms with Gasteiger partial charge in [-0.15, -0.1) is 0 Å². The monoisotopic (exact) mass is 425 g/mol. The number of benzene rings is 1. The fraction of sp³-hybridized carbons (Fsp3) is 0.364. The maximum absolute atomic E-state index is 14.6. The number of nitrogens with one attached hydrogen (secondary N) is 2. The number of halogens is 1. The van der Waals surface area contributed by atoms with E-state index in [9.17, 15) is 14.0 Å². The molecule has 1 amide bonds. The average Bonchev–Trinajstić information content (AvgIpc) is 2.78. The summed E-state index contributed by atoms with van der Waals surface area (Å²) >= 11 is 0. The molecule has 3 aromatic rings. The molecule has 1 aliphatic heterocycles. The summed E-state index contributed by atoms with van der Waals surface area (Å²) in [6.45, 7) is 4.87. The van der Waals surface area contributed by atoms with Crippen molar-refractivity contribution in [3.05, 3.63) is 63.6 Å². The van der Waals surface area contributed by atoms with Crippen molar-refractivity contribution in [1.82, 2.24) is 25.2 Å². The maximum atomic E-state index is 14.6. The summed E-state index contributed by atoms with van der Waals surface area (Å²) < 4.78 is 20.6. The molecule has 0 spiro atoms. The van der Waals surface area contributed by atoms with E-state index in [1.54, 1.807) is 25.2 Å². The van der Waals surface area contributed by atoms with Crippen LogP contribution in [0, 0.1) is 5.82 Å². The van der Waals surface area contributed by atoms with Gasteiger partial charge in [0.2, 0.25) is 0 Å². The van der Waals surface area contributed by atoms with Gasteiger partial charge in [0, 0.05) is 37.8 Å². The van der Waals surface area contributed by atoms with Crippen LogP contribution in [-0.4, -0.2) is 51.5 Å². The lowest BCUT2D eigenvalue weighted by atomic mass is 9.99. The summed E-state index contributed by atoms with van der Waals surface area (Å²) in [5.74, 6) is -0.0225. The second kappa shape index (κ2) is 8.43. The van der Waals surface area contributed by atoms with Crippen molar-refractivity contribution in [2.24, 2.45) is 0 Å². The number of ether oxygens (including phenoxy) is 1. The summed E-state index contributed by atoms with van der Waals surface area (Å²) in [6, 6.07) is 6.41. The summed E-state index contributed by atoms with van der Waals surface area (Å²) in [7, 11) is 1.55. The number of aromatic nitrogens is 3. The van der Waals surface area contributed by atoms with Gasteiger partial charge in [-0.2, -0.15) is 0 Å². The van der Waals surface area contributed by atoms with E-state index in [0.717, 1.165) is 0 Å². The third-order valence-corrected chi connectivity index (χ3v) is 5.65. The predicted molar refractivity (Wildman–Crippen MR) is 114 cm³/mol. The van der Waals surface area contributed by atoms with Crippen molar-refractivity contribution in [2.75, 3.05) is 13.6 Å². The minimum Gasteiger partial charge on any atom is -0.486 e. The zero-order valence-corrected chi connectivity index (χ0v) is 17.6. The van der Waals surface area contributed by atoms with Gasteiger partial charge in [-0.25, -0.2) is 14.4 Å². The van der Waals surface area contributed by atoms with E-state index >= 15 is 0 Å². The van der Waals surface area contributed by atoms with Crippen LogP contribution in [0.2, 0.25) is 0 Å². The Balaban J connectivity index is 1.42. The first kappa shape index (κ1) is 20.9. The van der Waals surface area contributed by atoms with Crippen LogP contribution in [0.5, 0.6) is 5.75 Å². The molecule has 1 saturated heterocycles. The van der Waals surface area contributed by atoms with Gasteiger partial charge >= 0.3 is 0 Å². The highest BCUT2D eigenvalue weighted by Crippen LogP contribution is 2.27. The number of likely N-dealkylation sites (tertiary alicyclic amines) is 1. The Morgan fingerprint density at radius 2 is 2.19 bits per heavy atom. The van der Waals surface area contributed by atoms with Crippen LogP contribution in [0.1, 0.15) is 35.6 Å². The lowest BCUT2D eigenvalue weighted by Crippen LogP contribution is -2.60. The normalized spacial score (nSPS) is 18.6. The minimum absolute atomic E-state index is 0.0633. The van der Waals surface area contributed by atoms with Crippen LogP contribution in [0.4, 0.5) is 4.39 Å². The molecule has 162 valence electrons. The number of hydrogen-bond acceptors (Lipinski definition) is 6. The van der Waals surface area contributed by atoms with Crippen molar-refractivity contribution in [3.63, 3.8) is 0 Å². The number of pyridine rings is 1. The van der Waals surface area contributed by atoms with Crippen LogP contribution in [0.3, 0.4) is 0 Å². The molecule has 0 aliphatic carbocycles. The molecule has 1 fully saturated rings. The summed E-state index contributed by atoms with van der Waals surface area (Å²) in [5, 5.41) is 2.52. The molecule has 0 unspecified atom stereocenters. The van der Waals surface area contributed by atoms with Crippen LogP contribution < -0.4 is 15.6 Å². The van der Waals surface area contributed by atoms with E-state index in [2.05, 4.69) is 25.2 Å². The number of hydrogen-bond donors (Lipinski definition) is 2. The van der Waals surface area contributed by atoms with Gasteiger partial charge in [-0.1, -0.05) is 6.92 Å². The summed E-state index contributed by atoms with van der Waals surface area (Å²) in [5.41, 5.74) is 1.95. The third-order valence-electron chi connectivity index (χ3n) is 5.65. The van der Waals surface area contributed by atoms with Gasteiger partial charge in [-0.05, 0) is 31.5 Å². The molecule has 1 aromatic carbocycles. The van der Waals surface area contributed by atoms with Gasteiger partial charge < -0.3 is 15.0 Å². The number of rotatable bonds is 6. The average molecular weight is 425 g/mol. The molecule has 0 radical (unpaired) electrons. The van der Waals surface area contributed by atoms with E-state index in [1.807, 2.05) is 13.8 Å². The maximum Gasteiger partial charge on any atom is 0.270 e. The topological polar surface area (TPSA) is 100 Å². The molecular weight excluding hydrogens is 401 g/mol. The highest BCUT2D eigenvalue weighted by Gasteiger charge is 2.37. The summed E-state index contributed by atoms with van der Waals surface area (Å²) in [4.78, 5) is 36.8. The smallest absolute Gasteiger partial charge is 0.270 e. The molecule has 0 bridgehead atoms. The van der Waals surface area contributed by atoms with Gasteiger partial charge in [0.25, 0.3) is 11.5 Å². The quantitative estimate of drug-likeness (QED) is 0.627. The first-order chi connectivity index (χ1) is 14.9. The van der Waals surface area contributed by atoms with Crippen LogP contribution in [-0.2, 0) is 13.0 Å². The third kappa shape index (κ3) is 4.13. The lowest BCUT2D eigenvalue weighted by Gasteiger charge is -2.45. The Hall–Kier alpha value is -3.33. The SMILES string of the molecule is CCc1nc2cc(F)c(CN3C[C@H](Oc4ccc(C(=O)NC)nc4)[C@H]3C)cc2[nH]c1=O. The highest BCUT2D eigenvalue weighted by atomic mass is 19.1. The van der Waals surface area contributed by atoms with Crippen molar-refractivity contribution in [3.8, 4) is 5.75 Å². The van der Waals surface area contributed by atoms with Crippen molar-refractivity contribution in [2.45, 2.75) is 39.0 Å². The Labute approximate surface area is 178 Å². The van der Waals surface area contributed by atoms with E-state index in [1.165, 1.54) is 12.3 Å². The number of aryl methyl sites for hydroxylation is 1. The first-order valence-corrected chi connectivity index (χ1v) is 10.2. The molecule has 0 saturated carbocycles. The van der Waals surface area contributed by atoms with E-state index in [4.69, 9.17) is 4.74 Å². The van der Waals surface area contributed by atoms with E-state index < -0.39 is 0 Å². The molecule has 3 heterocycles. The molecule has 31 heavy (non-hydrogen) atoms. The van der Waals surface area contributed by atoms with Gasteiger partial charge in [0.15, 0.2) is 0 Å². The minimum atomic E-state index is -0.348. The largest absolute Gasteiger partial charge is 0.486 e. The highest BCUT2D eigenvalue weighted by molar-refractivity contribution is 5.92. The fourth-order valence-corrected chi connectivity index (χ4v) is 3.65. The molecule has 8 nitrogen and oxygen atoms in total. The first-order valence-electron chi connectivity index (χ1n) is 10.2. The number of amides is 1. The molecule has 2 N–H and O–H groups in total. The van der Waals surface area contributed by atoms with Crippen LogP contribution >= 0.6 is 0 Å². The molecule has 4 rings (SSSR count). The van der Waals surface area contributed by atoms with Gasteiger partial charge in [0.1, 0.15) is 29.1 Å². The second-order valence-corrected chi connectivity index (χ2v) is 7.61. The van der Waals surface area contributed by atoms with Gasteiger partial charge in [-0.3, -0.25) is 14.5 Å². The molecule has 9 heteroatoms. The summed E-state index contributed by atoms with van der Waals surface area (Å²) in [6.07, 6.45) is 1.95. The Morgan fingerprint density at radius 3 is 2.84 bits per heavy atom. The number of fused-ring (bicyclic) bond motifs is 1. The number of carbonyl (C=O) groups is 1. The van der Waals surface area contributed by atoms with Crippen molar-refractivity contribution < 1.29 is 13.9 Å².